The fourth-order valence-electron chi connectivity index (χ4n) is 2.46. The summed E-state index contributed by atoms with van der Waals surface area (Å²) in [4.78, 5) is 4.54. The van der Waals surface area contributed by atoms with Gasteiger partial charge in [0.1, 0.15) is 24.7 Å². The summed E-state index contributed by atoms with van der Waals surface area (Å²) in [6, 6.07) is 9.30. The van der Waals surface area contributed by atoms with Crippen molar-refractivity contribution in [1.82, 2.24) is 9.38 Å². The highest BCUT2D eigenvalue weighted by Gasteiger charge is 2.17. The number of halogens is 1. The van der Waals surface area contributed by atoms with Gasteiger partial charge in [0.15, 0.2) is 17.1 Å². The summed E-state index contributed by atoms with van der Waals surface area (Å²) in [5, 5.41) is 0.563. The van der Waals surface area contributed by atoms with E-state index in [1.54, 1.807) is 10.5 Å². The molecule has 0 spiro atoms. The quantitative estimate of drug-likeness (QED) is 0.750. The molecular formula is C15H12ClN3O2. The molecule has 0 atom stereocenters. The molecule has 0 saturated carbocycles. The Morgan fingerprint density at radius 1 is 1.14 bits per heavy atom. The van der Waals surface area contributed by atoms with E-state index in [9.17, 15) is 0 Å². The lowest BCUT2D eigenvalue weighted by Crippen LogP contribution is -2.15. The molecule has 2 aromatic heterocycles. The molecule has 0 fully saturated rings. The highest BCUT2D eigenvalue weighted by atomic mass is 35.5. The summed E-state index contributed by atoms with van der Waals surface area (Å²) in [6.07, 6.45) is 1.84. The molecule has 0 saturated heterocycles. The fraction of sp³-hybridized carbons (Fsp3) is 0.133. The molecule has 0 radical (unpaired) electrons. The van der Waals surface area contributed by atoms with Crippen LogP contribution in [0.1, 0.15) is 0 Å². The lowest BCUT2D eigenvalue weighted by atomic mass is 10.1. The lowest BCUT2D eigenvalue weighted by molar-refractivity contribution is 0.171. The molecule has 0 bridgehead atoms. The molecule has 4 rings (SSSR count). The summed E-state index contributed by atoms with van der Waals surface area (Å²) in [5.74, 6) is 2.00. The van der Waals surface area contributed by atoms with Crippen LogP contribution in [0.25, 0.3) is 16.9 Å². The molecule has 1 aliphatic heterocycles. The Kier molecular flexibility index (Phi) is 2.68. The van der Waals surface area contributed by atoms with E-state index >= 15 is 0 Å². The molecule has 106 valence electrons. The van der Waals surface area contributed by atoms with Crippen molar-refractivity contribution in [3.63, 3.8) is 0 Å². The number of anilines is 1. The highest BCUT2D eigenvalue weighted by Crippen LogP contribution is 2.36. The van der Waals surface area contributed by atoms with E-state index in [2.05, 4.69) is 4.98 Å². The number of rotatable bonds is 1. The van der Waals surface area contributed by atoms with E-state index in [1.165, 1.54) is 0 Å². The summed E-state index contributed by atoms with van der Waals surface area (Å²) >= 11 is 6.16. The van der Waals surface area contributed by atoms with Crippen molar-refractivity contribution < 1.29 is 9.47 Å². The molecule has 5 nitrogen and oxygen atoms in total. The second-order valence-electron chi connectivity index (χ2n) is 4.75. The van der Waals surface area contributed by atoms with Crippen LogP contribution < -0.4 is 15.2 Å². The van der Waals surface area contributed by atoms with Crippen molar-refractivity contribution in [1.29, 1.82) is 0 Å². The predicted molar refractivity (Wildman–Crippen MR) is 81.0 cm³/mol. The van der Waals surface area contributed by atoms with Crippen molar-refractivity contribution in [2.45, 2.75) is 0 Å². The van der Waals surface area contributed by atoms with E-state index < -0.39 is 0 Å². The Morgan fingerprint density at radius 3 is 2.76 bits per heavy atom. The van der Waals surface area contributed by atoms with Crippen LogP contribution in [0, 0.1) is 0 Å². The second kappa shape index (κ2) is 4.56. The van der Waals surface area contributed by atoms with Gasteiger partial charge in [0.25, 0.3) is 0 Å². The number of benzene rings is 1. The first-order valence-electron chi connectivity index (χ1n) is 6.56. The SMILES string of the molecule is Nc1c(-c2ccc3c(c2)OCCO3)nc2c(Cl)cccn12. The largest absolute Gasteiger partial charge is 0.486 e. The molecule has 3 heterocycles. The van der Waals surface area contributed by atoms with Crippen molar-refractivity contribution in [2.24, 2.45) is 0 Å². The van der Waals surface area contributed by atoms with E-state index in [4.69, 9.17) is 26.8 Å². The predicted octanol–water partition coefficient (Wildman–Crippen LogP) is 3.01. The maximum absolute atomic E-state index is 6.19. The van der Waals surface area contributed by atoms with Crippen molar-refractivity contribution in [2.75, 3.05) is 18.9 Å². The van der Waals surface area contributed by atoms with Gasteiger partial charge >= 0.3 is 0 Å². The molecule has 6 heteroatoms. The molecule has 0 amide bonds. The van der Waals surface area contributed by atoms with Crippen molar-refractivity contribution in [3.05, 3.63) is 41.6 Å². The third kappa shape index (κ3) is 1.89. The number of pyridine rings is 1. The van der Waals surface area contributed by atoms with Gasteiger partial charge in [-0.2, -0.15) is 0 Å². The minimum absolute atomic E-state index is 0.545. The average molecular weight is 302 g/mol. The molecular weight excluding hydrogens is 290 g/mol. The average Bonchev–Trinajstić information content (AvgIpc) is 2.86. The van der Waals surface area contributed by atoms with Gasteiger partial charge in [0.2, 0.25) is 0 Å². The summed E-state index contributed by atoms with van der Waals surface area (Å²) in [7, 11) is 0. The normalized spacial score (nSPS) is 13.6. The van der Waals surface area contributed by atoms with Crippen LogP contribution in [-0.2, 0) is 0 Å². The van der Waals surface area contributed by atoms with Crippen LogP contribution in [-0.4, -0.2) is 22.6 Å². The topological polar surface area (TPSA) is 61.8 Å². The van der Waals surface area contributed by atoms with Crippen LogP contribution in [0.5, 0.6) is 11.5 Å². The maximum atomic E-state index is 6.19. The van der Waals surface area contributed by atoms with Crippen LogP contribution in [0.2, 0.25) is 5.02 Å². The standard InChI is InChI=1S/C15H12ClN3O2/c16-10-2-1-5-19-14(17)13(18-15(10)19)9-3-4-11-12(8-9)21-7-6-20-11/h1-5,8H,6-7,17H2. The zero-order valence-corrected chi connectivity index (χ0v) is 11.8. The summed E-state index contributed by atoms with van der Waals surface area (Å²) < 4.78 is 12.9. The zero-order valence-electron chi connectivity index (χ0n) is 11.0. The Balaban J connectivity index is 1.90. The number of imidazole rings is 1. The number of ether oxygens (including phenoxy) is 2. The third-order valence-corrected chi connectivity index (χ3v) is 3.75. The number of hydrogen-bond donors (Lipinski definition) is 1. The van der Waals surface area contributed by atoms with E-state index in [0.717, 1.165) is 11.3 Å². The van der Waals surface area contributed by atoms with Gasteiger partial charge < -0.3 is 15.2 Å². The number of hydrogen-bond acceptors (Lipinski definition) is 4. The third-order valence-electron chi connectivity index (χ3n) is 3.45. The number of nitrogens with zero attached hydrogens (tertiary/aromatic N) is 2. The molecule has 2 N–H and O–H groups in total. The Hall–Kier alpha value is -2.40. The molecule has 0 aliphatic carbocycles. The van der Waals surface area contributed by atoms with Crippen LogP contribution >= 0.6 is 11.6 Å². The Labute approximate surface area is 125 Å². The molecule has 3 aromatic rings. The van der Waals surface area contributed by atoms with Crippen molar-refractivity contribution >= 4 is 23.1 Å². The first-order valence-corrected chi connectivity index (χ1v) is 6.94. The van der Waals surface area contributed by atoms with E-state index in [-0.39, 0.29) is 0 Å². The second-order valence-corrected chi connectivity index (χ2v) is 5.16. The smallest absolute Gasteiger partial charge is 0.162 e. The minimum atomic E-state index is 0.545. The molecule has 1 aliphatic rings. The highest BCUT2D eigenvalue weighted by molar-refractivity contribution is 6.33. The first-order chi connectivity index (χ1) is 10.2. The lowest BCUT2D eigenvalue weighted by Gasteiger charge is -2.18. The van der Waals surface area contributed by atoms with Crippen LogP contribution in [0.15, 0.2) is 36.5 Å². The Bertz CT molecular complexity index is 844. The van der Waals surface area contributed by atoms with Gasteiger partial charge in [-0.25, -0.2) is 4.98 Å². The van der Waals surface area contributed by atoms with Gasteiger partial charge in [0.05, 0.1) is 5.02 Å². The van der Waals surface area contributed by atoms with Crippen LogP contribution in [0.3, 0.4) is 0 Å². The maximum Gasteiger partial charge on any atom is 0.162 e. The summed E-state index contributed by atoms with van der Waals surface area (Å²) in [6.45, 7) is 1.11. The van der Waals surface area contributed by atoms with Crippen LogP contribution in [0.4, 0.5) is 5.82 Å². The fourth-order valence-corrected chi connectivity index (χ4v) is 2.66. The molecule has 1 aromatic carbocycles. The molecule has 21 heavy (non-hydrogen) atoms. The zero-order chi connectivity index (χ0) is 14.4. The Morgan fingerprint density at radius 2 is 1.95 bits per heavy atom. The minimum Gasteiger partial charge on any atom is -0.486 e. The van der Waals surface area contributed by atoms with Gasteiger partial charge in [0, 0.05) is 11.8 Å². The van der Waals surface area contributed by atoms with Gasteiger partial charge in [-0.15, -0.1) is 0 Å². The molecule has 0 unspecified atom stereocenters. The van der Waals surface area contributed by atoms with E-state index in [1.807, 2.05) is 30.5 Å². The van der Waals surface area contributed by atoms with Gasteiger partial charge in [-0.05, 0) is 30.3 Å². The number of nitrogen functional groups attached to an aromatic ring is 1. The first kappa shape index (κ1) is 12.3. The number of aromatic nitrogens is 2. The number of nitrogens with two attached hydrogens (primary N) is 1. The van der Waals surface area contributed by atoms with E-state index in [0.29, 0.717) is 41.1 Å². The number of fused-ring (bicyclic) bond motifs is 2. The summed E-state index contributed by atoms with van der Waals surface area (Å²) in [5.41, 5.74) is 8.38. The van der Waals surface area contributed by atoms with Crippen molar-refractivity contribution in [3.8, 4) is 22.8 Å². The van der Waals surface area contributed by atoms with Gasteiger partial charge in [-0.3, -0.25) is 4.40 Å². The monoisotopic (exact) mass is 301 g/mol. The van der Waals surface area contributed by atoms with Gasteiger partial charge in [-0.1, -0.05) is 11.6 Å².